The summed E-state index contributed by atoms with van der Waals surface area (Å²) in [6.07, 6.45) is -4.66. The van der Waals surface area contributed by atoms with Crippen molar-refractivity contribution in [1.82, 2.24) is 20.4 Å². The van der Waals surface area contributed by atoms with Gasteiger partial charge in [0, 0.05) is 29.7 Å². The number of hydrogen-bond acceptors (Lipinski definition) is 6. The van der Waals surface area contributed by atoms with Crippen LogP contribution in [0.5, 0.6) is 5.75 Å². The van der Waals surface area contributed by atoms with Gasteiger partial charge in [0.2, 0.25) is 11.8 Å². The minimum Gasteiger partial charge on any atom is -0.489 e. The quantitative estimate of drug-likeness (QED) is 0.412. The molecule has 3 aromatic rings. The Kier molecular flexibility index (Phi) is 7.70. The summed E-state index contributed by atoms with van der Waals surface area (Å²) in [6.45, 7) is 2.61. The summed E-state index contributed by atoms with van der Waals surface area (Å²) in [4.78, 5) is 13.2. The predicted molar refractivity (Wildman–Crippen MR) is 125 cm³/mol. The molecule has 36 heavy (non-hydrogen) atoms. The number of likely N-dealkylation sites (tertiary alicyclic amines) is 1. The number of alkyl halides is 3. The number of halogens is 4. The van der Waals surface area contributed by atoms with Crippen LogP contribution in [0.2, 0.25) is 5.02 Å². The van der Waals surface area contributed by atoms with Crippen molar-refractivity contribution >= 4 is 17.7 Å². The summed E-state index contributed by atoms with van der Waals surface area (Å²) in [7, 11) is 0. The number of carbonyl (C=O) groups is 1. The van der Waals surface area contributed by atoms with E-state index in [4.69, 9.17) is 20.8 Å². The first-order valence-corrected chi connectivity index (χ1v) is 11.6. The van der Waals surface area contributed by atoms with Crippen LogP contribution in [0.25, 0.3) is 11.5 Å². The highest BCUT2D eigenvalue weighted by Crippen LogP contribution is 2.34. The van der Waals surface area contributed by atoms with E-state index in [1.165, 1.54) is 17.0 Å². The van der Waals surface area contributed by atoms with Gasteiger partial charge in [0.1, 0.15) is 17.9 Å². The molecule has 2 N–H and O–H groups in total. The lowest BCUT2D eigenvalue weighted by Gasteiger charge is -2.36. The fourth-order valence-electron chi connectivity index (χ4n) is 4.01. The first kappa shape index (κ1) is 25.8. The number of nitrogens with one attached hydrogen (secondary N) is 1. The third-order valence-corrected chi connectivity index (χ3v) is 6.11. The summed E-state index contributed by atoms with van der Waals surface area (Å²) in [6, 6.07) is 10.6. The molecule has 0 saturated carbocycles. The largest absolute Gasteiger partial charge is 0.489 e. The molecule has 1 saturated heterocycles. The lowest BCUT2D eigenvalue weighted by Crippen LogP contribution is -2.50. The van der Waals surface area contributed by atoms with Crippen molar-refractivity contribution in [1.29, 1.82) is 0 Å². The molecular weight excluding hydrogens is 501 g/mol. The van der Waals surface area contributed by atoms with Crippen molar-refractivity contribution < 1.29 is 32.2 Å². The summed E-state index contributed by atoms with van der Waals surface area (Å²) < 4.78 is 49.9. The Morgan fingerprint density at radius 1 is 1.19 bits per heavy atom. The molecule has 12 heteroatoms. The molecule has 8 nitrogen and oxygen atoms in total. The van der Waals surface area contributed by atoms with Crippen LogP contribution >= 0.6 is 11.6 Å². The van der Waals surface area contributed by atoms with Crippen molar-refractivity contribution in [3.8, 4) is 17.2 Å². The molecule has 0 aliphatic carbocycles. The molecule has 192 valence electrons. The number of nitrogens with zero attached hydrogens (tertiary/aromatic N) is 3. The third-order valence-electron chi connectivity index (χ3n) is 5.86. The zero-order chi connectivity index (χ0) is 25.9. The monoisotopic (exact) mass is 524 g/mol. The van der Waals surface area contributed by atoms with Crippen LogP contribution in [0.4, 0.5) is 18.0 Å². The molecule has 0 spiro atoms. The number of piperidine rings is 1. The normalized spacial score (nSPS) is 19.2. The van der Waals surface area contributed by atoms with E-state index in [0.29, 0.717) is 35.7 Å². The van der Waals surface area contributed by atoms with Gasteiger partial charge in [0.25, 0.3) is 0 Å². The van der Waals surface area contributed by atoms with E-state index in [2.05, 4.69) is 15.5 Å². The van der Waals surface area contributed by atoms with Crippen molar-refractivity contribution in [2.24, 2.45) is 0 Å². The lowest BCUT2D eigenvalue weighted by molar-refractivity contribution is -0.137. The van der Waals surface area contributed by atoms with Crippen LogP contribution in [0, 0.1) is 0 Å². The van der Waals surface area contributed by atoms with Gasteiger partial charge in [-0.05, 0) is 68.3 Å². The van der Waals surface area contributed by atoms with E-state index in [9.17, 15) is 23.1 Å². The Hall–Kier alpha value is -3.31. The molecule has 0 bridgehead atoms. The van der Waals surface area contributed by atoms with Crippen LogP contribution in [0.1, 0.15) is 37.3 Å². The Labute approximate surface area is 210 Å². The molecule has 1 fully saturated rings. The number of carboxylic acid groups (broad SMARTS) is 1. The minimum absolute atomic E-state index is 0.0254. The fourth-order valence-corrected chi connectivity index (χ4v) is 4.14. The zero-order valence-electron chi connectivity index (χ0n) is 19.2. The van der Waals surface area contributed by atoms with Gasteiger partial charge in [0.05, 0.1) is 5.56 Å². The Morgan fingerprint density at radius 2 is 1.89 bits per heavy atom. The summed E-state index contributed by atoms with van der Waals surface area (Å²) >= 11 is 5.89. The SMILES string of the molecule is CC(CN[C@H]1CC[C@H](c2nnc(-c3ccc(C(F)(F)F)cc3)o2)N(C(=O)O)C1)Oc1ccc(Cl)cc1. The smallest absolute Gasteiger partial charge is 0.416 e. The first-order valence-electron chi connectivity index (χ1n) is 11.3. The van der Waals surface area contributed by atoms with Gasteiger partial charge in [0.15, 0.2) is 0 Å². The topological polar surface area (TPSA) is 101 Å². The second-order valence-corrected chi connectivity index (χ2v) is 8.97. The highest BCUT2D eigenvalue weighted by molar-refractivity contribution is 6.30. The van der Waals surface area contributed by atoms with Gasteiger partial charge < -0.3 is 19.6 Å². The lowest BCUT2D eigenvalue weighted by atomic mass is 9.98. The van der Waals surface area contributed by atoms with Gasteiger partial charge in [-0.25, -0.2) is 4.79 Å². The second-order valence-electron chi connectivity index (χ2n) is 8.54. The van der Waals surface area contributed by atoms with E-state index < -0.39 is 23.9 Å². The van der Waals surface area contributed by atoms with E-state index in [0.717, 1.165) is 12.1 Å². The third kappa shape index (κ3) is 6.27. The maximum atomic E-state index is 12.8. The van der Waals surface area contributed by atoms with Crippen molar-refractivity contribution in [3.63, 3.8) is 0 Å². The Morgan fingerprint density at radius 3 is 2.53 bits per heavy atom. The van der Waals surface area contributed by atoms with Gasteiger partial charge in [-0.3, -0.25) is 4.90 Å². The number of amides is 1. The van der Waals surface area contributed by atoms with Crippen molar-refractivity contribution in [2.75, 3.05) is 13.1 Å². The minimum atomic E-state index is -4.45. The maximum absolute atomic E-state index is 12.8. The van der Waals surface area contributed by atoms with Crippen LogP contribution in [-0.2, 0) is 6.18 Å². The molecule has 1 aromatic heterocycles. The van der Waals surface area contributed by atoms with Crippen molar-refractivity contribution in [2.45, 2.75) is 44.1 Å². The molecule has 2 heterocycles. The molecule has 3 atom stereocenters. The summed E-state index contributed by atoms with van der Waals surface area (Å²) in [5.74, 6) is 0.812. The predicted octanol–water partition coefficient (Wildman–Crippen LogP) is 5.65. The number of rotatable bonds is 7. The van der Waals surface area contributed by atoms with Crippen molar-refractivity contribution in [3.05, 3.63) is 65.0 Å². The molecule has 4 rings (SSSR count). The molecule has 1 aliphatic rings. The highest BCUT2D eigenvalue weighted by atomic mass is 35.5. The van der Waals surface area contributed by atoms with Crippen LogP contribution in [0.15, 0.2) is 52.9 Å². The number of benzene rings is 2. The average Bonchev–Trinajstić information content (AvgIpc) is 3.34. The number of ether oxygens (including phenoxy) is 1. The zero-order valence-corrected chi connectivity index (χ0v) is 20.0. The number of hydrogen-bond donors (Lipinski definition) is 2. The number of aromatic nitrogens is 2. The fraction of sp³-hybridized carbons (Fsp3) is 0.375. The average molecular weight is 525 g/mol. The van der Waals surface area contributed by atoms with Gasteiger partial charge in [-0.2, -0.15) is 13.2 Å². The van der Waals surface area contributed by atoms with Crippen LogP contribution < -0.4 is 10.1 Å². The molecule has 1 aliphatic heterocycles. The Bertz CT molecular complexity index is 1170. The highest BCUT2D eigenvalue weighted by Gasteiger charge is 2.36. The standard InChI is InChI=1S/C24H24ClF3N4O4/c1-14(35-19-9-6-17(25)7-10-19)12-29-18-8-11-20(32(13-18)23(33)34)22-31-30-21(36-22)15-2-4-16(5-3-15)24(26,27)28/h2-7,9-10,14,18,20,29H,8,11-13H2,1H3,(H,33,34)/t14?,18-,20+/m0/s1. The van der Waals surface area contributed by atoms with Gasteiger partial charge in [-0.1, -0.05) is 11.6 Å². The molecule has 0 radical (unpaired) electrons. The van der Waals surface area contributed by atoms with E-state index >= 15 is 0 Å². The molecule has 1 amide bonds. The van der Waals surface area contributed by atoms with Crippen LogP contribution in [0.3, 0.4) is 0 Å². The molecule has 1 unspecified atom stereocenters. The van der Waals surface area contributed by atoms with Gasteiger partial charge in [-0.15, -0.1) is 10.2 Å². The first-order chi connectivity index (χ1) is 17.1. The summed E-state index contributed by atoms with van der Waals surface area (Å²) in [5.41, 5.74) is -0.476. The van der Waals surface area contributed by atoms with E-state index in [-0.39, 0.29) is 30.5 Å². The van der Waals surface area contributed by atoms with E-state index in [1.807, 2.05) is 6.92 Å². The Balaban J connectivity index is 1.36. The molecular formula is C24H24ClF3N4O4. The maximum Gasteiger partial charge on any atom is 0.416 e. The van der Waals surface area contributed by atoms with Crippen LogP contribution in [-0.4, -0.2) is 51.5 Å². The summed E-state index contributed by atoms with van der Waals surface area (Å²) in [5, 5.41) is 21.6. The van der Waals surface area contributed by atoms with Gasteiger partial charge >= 0.3 is 12.3 Å². The molecule has 2 aromatic carbocycles. The second kappa shape index (κ2) is 10.8. The van der Waals surface area contributed by atoms with E-state index in [1.54, 1.807) is 24.3 Å².